The highest BCUT2D eigenvalue weighted by Gasteiger charge is 2.27. The number of aromatic nitrogens is 2. The molecule has 120 valence electrons. The summed E-state index contributed by atoms with van der Waals surface area (Å²) in [6.07, 6.45) is 1.81. The zero-order valence-electron chi connectivity index (χ0n) is 13.6. The van der Waals surface area contributed by atoms with Crippen LogP contribution in [-0.2, 0) is 11.2 Å². The van der Waals surface area contributed by atoms with E-state index < -0.39 is 0 Å². The summed E-state index contributed by atoms with van der Waals surface area (Å²) >= 11 is 0. The first-order valence-electron chi connectivity index (χ1n) is 8.01. The first-order valence-corrected chi connectivity index (χ1v) is 8.01. The maximum Gasteiger partial charge on any atom is 0.228 e. The van der Waals surface area contributed by atoms with E-state index >= 15 is 0 Å². The van der Waals surface area contributed by atoms with Crippen LogP contribution in [0.25, 0.3) is 0 Å². The van der Waals surface area contributed by atoms with Crippen LogP contribution >= 0.6 is 0 Å². The number of nitrogens with one attached hydrogen (secondary N) is 1. The molecule has 0 saturated carbocycles. The Labute approximate surface area is 127 Å². The Hall–Kier alpha value is -0.980. The molecule has 6 heteroatoms. The predicted octanol–water partition coefficient (Wildman–Crippen LogP) is 1.78. The molecule has 0 radical (unpaired) electrons. The van der Waals surface area contributed by atoms with Gasteiger partial charge in [0, 0.05) is 31.6 Å². The molecule has 1 aromatic heterocycles. The summed E-state index contributed by atoms with van der Waals surface area (Å²) in [6.45, 7) is 12.2. The molecule has 0 amide bonds. The third kappa shape index (κ3) is 4.76. The van der Waals surface area contributed by atoms with E-state index in [0.29, 0.717) is 23.8 Å². The second-order valence-electron chi connectivity index (χ2n) is 6.05. The highest BCUT2D eigenvalue weighted by atomic mass is 16.5. The molecule has 0 bridgehead atoms. The van der Waals surface area contributed by atoms with Crippen molar-refractivity contribution in [3.05, 3.63) is 11.7 Å². The van der Waals surface area contributed by atoms with Crippen LogP contribution in [0.1, 0.15) is 51.9 Å². The van der Waals surface area contributed by atoms with Gasteiger partial charge in [-0.05, 0) is 33.7 Å². The first kappa shape index (κ1) is 16.4. The maximum atomic E-state index is 5.79. The average Bonchev–Trinajstić information content (AvgIpc) is 2.93. The number of nitrogens with zero attached hydrogens (tertiary/aromatic N) is 3. The quantitative estimate of drug-likeness (QED) is 0.827. The van der Waals surface area contributed by atoms with Gasteiger partial charge in [-0.1, -0.05) is 12.1 Å². The van der Waals surface area contributed by atoms with Gasteiger partial charge >= 0.3 is 0 Å². The lowest BCUT2D eigenvalue weighted by Gasteiger charge is -2.34. The van der Waals surface area contributed by atoms with Gasteiger partial charge in [-0.2, -0.15) is 4.98 Å². The van der Waals surface area contributed by atoms with E-state index in [2.05, 4.69) is 48.1 Å². The lowest BCUT2D eigenvalue weighted by molar-refractivity contribution is -0.0450. The number of hydrogen-bond acceptors (Lipinski definition) is 6. The Morgan fingerprint density at radius 2 is 2.19 bits per heavy atom. The second kappa shape index (κ2) is 7.87. The lowest BCUT2D eigenvalue weighted by Crippen LogP contribution is -2.42. The molecule has 6 nitrogen and oxygen atoms in total. The van der Waals surface area contributed by atoms with Crippen LogP contribution in [0.5, 0.6) is 0 Å². The largest absolute Gasteiger partial charge is 0.367 e. The Kier molecular flexibility index (Phi) is 6.14. The topological polar surface area (TPSA) is 63.4 Å². The summed E-state index contributed by atoms with van der Waals surface area (Å²) in [6, 6.07) is 0.860. The van der Waals surface area contributed by atoms with Crippen LogP contribution in [0.2, 0.25) is 0 Å². The zero-order chi connectivity index (χ0) is 15.2. The summed E-state index contributed by atoms with van der Waals surface area (Å²) < 4.78 is 11.1. The summed E-state index contributed by atoms with van der Waals surface area (Å²) in [7, 11) is 0. The van der Waals surface area contributed by atoms with Gasteiger partial charge in [-0.25, -0.2) is 0 Å². The third-order valence-electron chi connectivity index (χ3n) is 3.82. The van der Waals surface area contributed by atoms with Crippen LogP contribution in [0.4, 0.5) is 0 Å². The number of ether oxygens (including phenoxy) is 1. The minimum absolute atomic E-state index is 0.0717. The highest BCUT2D eigenvalue weighted by molar-refractivity contribution is 4.95. The fourth-order valence-electron chi connectivity index (χ4n) is 2.50. The summed E-state index contributed by atoms with van der Waals surface area (Å²) in [4.78, 5) is 6.89. The fraction of sp³-hybridized carbons (Fsp3) is 0.867. The van der Waals surface area contributed by atoms with Crippen molar-refractivity contribution >= 4 is 0 Å². The van der Waals surface area contributed by atoms with Crippen molar-refractivity contribution < 1.29 is 9.26 Å². The van der Waals surface area contributed by atoms with E-state index in [1.165, 1.54) is 0 Å². The van der Waals surface area contributed by atoms with Crippen molar-refractivity contribution in [2.24, 2.45) is 0 Å². The molecule has 2 rings (SSSR count). The lowest BCUT2D eigenvalue weighted by atomic mass is 10.2. The van der Waals surface area contributed by atoms with Gasteiger partial charge in [0.05, 0.1) is 6.61 Å². The fourth-order valence-corrected chi connectivity index (χ4v) is 2.50. The number of hydrogen-bond donors (Lipinski definition) is 1. The minimum Gasteiger partial charge on any atom is -0.367 e. The molecule has 2 atom stereocenters. The van der Waals surface area contributed by atoms with E-state index in [0.717, 1.165) is 39.1 Å². The van der Waals surface area contributed by atoms with Gasteiger partial charge in [0.25, 0.3) is 0 Å². The molecule has 2 unspecified atom stereocenters. The third-order valence-corrected chi connectivity index (χ3v) is 3.82. The maximum absolute atomic E-state index is 5.79. The molecule has 2 heterocycles. The molecule has 0 aliphatic carbocycles. The second-order valence-corrected chi connectivity index (χ2v) is 6.05. The Bertz CT molecular complexity index is 422. The average molecular weight is 296 g/mol. The van der Waals surface area contributed by atoms with Gasteiger partial charge in [-0.3, -0.25) is 4.90 Å². The van der Waals surface area contributed by atoms with Gasteiger partial charge in [-0.15, -0.1) is 0 Å². The van der Waals surface area contributed by atoms with Gasteiger partial charge < -0.3 is 14.6 Å². The predicted molar refractivity (Wildman–Crippen MR) is 81.2 cm³/mol. The van der Waals surface area contributed by atoms with Crippen LogP contribution in [0.15, 0.2) is 4.52 Å². The Balaban J connectivity index is 1.90. The minimum atomic E-state index is -0.0717. The molecule has 0 spiro atoms. The van der Waals surface area contributed by atoms with Crippen LogP contribution < -0.4 is 5.32 Å². The van der Waals surface area contributed by atoms with E-state index in [-0.39, 0.29) is 6.10 Å². The molecule has 1 aliphatic rings. The van der Waals surface area contributed by atoms with Crippen molar-refractivity contribution in [2.45, 2.75) is 58.7 Å². The van der Waals surface area contributed by atoms with Crippen molar-refractivity contribution in [1.82, 2.24) is 20.4 Å². The molecule has 1 saturated heterocycles. The molecule has 1 N–H and O–H groups in total. The molecule has 21 heavy (non-hydrogen) atoms. The van der Waals surface area contributed by atoms with Gasteiger partial charge in [0.1, 0.15) is 6.10 Å². The first-order chi connectivity index (χ1) is 10.1. The van der Waals surface area contributed by atoms with Crippen molar-refractivity contribution in [1.29, 1.82) is 0 Å². The smallest absolute Gasteiger partial charge is 0.228 e. The number of rotatable bonds is 7. The standard InChI is InChI=1S/C15H28N4O2/c1-5-6-16-12(4)9-14-17-15(18-21-14)13-10-19(11(2)3)7-8-20-13/h11-13,16H,5-10H2,1-4H3. The highest BCUT2D eigenvalue weighted by Crippen LogP contribution is 2.21. The zero-order valence-corrected chi connectivity index (χ0v) is 13.6. The van der Waals surface area contributed by atoms with Crippen LogP contribution in [0, 0.1) is 0 Å². The van der Waals surface area contributed by atoms with E-state index in [4.69, 9.17) is 9.26 Å². The molecular weight excluding hydrogens is 268 g/mol. The number of morpholine rings is 1. The normalized spacial score (nSPS) is 21.9. The molecule has 1 aliphatic heterocycles. The summed E-state index contributed by atoms with van der Waals surface area (Å²) in [5.41, 5.74) is 0. The SMILES string of the molecule is CCCNC(C)Cc1nc(C2CN(C(C)C)CCO2)no1. The Morgan fingerprint density at radius 1 is 1.38 bits per heavy atom. The van der Waals surface area contributed by atoms with Crippen molar-refractivity contribution in [3.63, 3.8) is 0 Å². The van der Waals surface area contributed by atoms with Gasteiger partial charge in [0.15, 0.2) is 0 Å². The van der Waals surface area contributed by atoms with Gasteiger partial charge in [0.2, 0.25) is 11.7 Å². The van der Waals surface area contributed by atoms with Crippen molar-refractivity contribution in [2.75, 3.05) is 26.2 Å². The summed E-state index contributed by atoms with van der Waals surface area (Å²) in [5.74, 6) is 1.37. The molecular formula is C15H28N4O2. The van der Waals surface area contributed by atoms with E-state index in [9.17, 15) is 0 Å². The molecule has 1 fully saturated rings. The monoisotopic (exact) mass is 296 g/mol. The Morgan fingerprint density at radius 3 is 2.90 bits per heavy atom. The molecule has 0 aromatic carbocycles. The van der Waals surface area contributed by atoms with E-state index in [1.807, 2.05) is 0 Å². The molecule has 1 aromatic rings. The van der Waals surface area contributed by atoms with Crippen molar-refractivity contribution in [3.8, 4) is 0 Å². The van der Waals surface area contributed by atoms with Crippen LogP contribution in [-0.4, -0.2) is 53.4 Å². The van der Waals surface area contributed by atoms with Crippen LogP contribution in [0.3, 0.4) is 0 Å². The van der Waals surface area contributed by atoms with E-state index in [1.54, 1.807) is 0 Å². The summed E-state index contributed by atoms with van der Waals surface area (Å²) in [5, 5.41) is 7.53.